The van der Waals surface area contributed by atoms with Gasteiger partial charge in [-0.1, -0.05) is 5.16 Å². The smallest absolute Gasteiger partial charge is 0.273 e. The fraction of sp³-hybridized carbons (Fsp3) is 0. The van der Waals surface area contributed by atoms with Gasteiger partial charge in [0.1, 0.15) is 5.69 Å². The molecule has 3 N–H and O–H groups in total. The Morgan fingerprint density at radius 3 is 2.71 bits per heavy atom. The third-order valence-corrected chi connectivity index (χ3v) is 2.06. The van der Waals surface area contributed by atoms with Crippen LogP contribution in [-0.4, -0.2) is 15.2 Å². The quantitative estimate of drug-likeness (QED) is 0.608. The third kappa shape index (κ3) is 1.87. The summed E-state index contributed by atoms with van der Waals surface area (Å²) in [6, 6.07) is 2.82. The largest absolute Gasteiger partial charge is 0.504 e. The fourth-order valence-electron chi connectivity index (χ4n) is 1.30. The van der Waals surface area contributed by atoms with Crippen LogP contribution in [0.2, 0.25) is 0 Å². The Kier molecular flexibility index (Phi) is 2.39. The van der Waals surface area contributed by atoms with Crippen LogP contribution >= 0.6 is 0 Å². The highest BCUT2D eigenvalue weighted by molar-refractivity contribution is 5.71. The van der Waals surface area contributed by atoms with Gasteiger partial charge in [-0.3, -0.25) is 10.1 Å². The molecule has 0 spiro atoms. The summed E-state index contributed by atoms with van der Waals surface area (Å²) in [6.07, 6.45) is 0. The molecule has 7 nitrogen and oxygen atoms in total. The Morgan fingerprint density at radius 2 is 2.18 bits per heavy atom. The fourth-order valence-corrected chi connectivity index (χ4v) is 1.30. The van der Waals surface area contributed by atoms with Gasteiger partial charge in [-0.2, -0.15) is 0 Å². The number of benzene rings is 1. The van der Waals surface area contributed by atoms with E-state index in [-0.39, 0.29) is 17.1 Å². The molecule has 0 radical (unpaired) electrons. The standard InChI is InChI=1S/C9H6FN3O4/c10-6-2-4(13(15)16)1-5(9(6)14)7-3-8(11)17-12-7/h1-3,14H,11H2. The number of aromatic hydroxyl groups is 1. The van der Waals surface area contributed by atoms with Crippen LogP contribution in [0.15, 0.2) is 22.7 Å². The summed E-state index contributed by atoms with van der Waals surface area (Å²) in [5, 5.41) is 23.4. The lowest BCUT2D eigenvalue weighted by Gasteiger charge is -2.01. The number of nitro benzene ring substituents is 1. The van der Waals surface area contributed by atoms with Crippen molar-refractivity contribution in [3.8, 4) is 17.0 Å². The van der Waals surface area contributed by atoms with E-state index in [1.54, 1.807) is 0 Å². The molecular formula is C9H6FN3O4. The highest BCUT2D eigenvalue weighted by atomic mass is 19.1. The number of nitrogens with two attached hydrogens (primary N) is 1. The lowest BCUT2D eigenvalue weighted by atomic mass is 10.1. The summed E-state index contributed by atoms with van der Waals surface area (Å²) in [5.41, 5.74) is 4.62. The monoisotopic (exact) mass is 239 g/mol. The number of non-ortho nitro benzene ring substituents is 1. The van der Waals surface area contributed by atoms with Crippen LogP contribution < -0.4 is 5.73 Å². The Bertz CT molecular complexity index is 596. The molecule has 1 aromatic heterocycles. The summed E-state index contributed by atoms with van der Waals surface area (Å²) >= 11 is 0. The van der Waals surface area contributed by atoms with Crippen LogP contribution in [0.1, 0.15) is 0 Å². The molecule has 8 heteroatoms. The zero-order valence-corrected chi connectivity index (χ0v) is 8.25. The van der Waals surface area contributed by atoms with Gasteiger partial charge in [0.05, 0.1) is 16.6 Å². The molecule has 0 unspecified atom stereocenters. The minimum absolute atomic E-state index is 0.0163. The van der Waals surface area contributed by atoms with E-state index in [2.05, 4.69) is 9.68 Å². The zero-order chi connectivity index (χ0) is 12.6. The highest BCUT2D eigenvalue weighted by Crippen LogP contribution is 2.34. The van der Waals surface area contributed by atoms with Crippen molar-refractivity contribution in [2.75, 3.05) is 5.73 Å². The summed E-state index contributed by atoms with van der Waals surface area (Å²) in [4.78, 5) is 9.76. The molecule has 0 atom stereocenters. The minimum atomic E-state index is -1.12. The Balaban J connectivity index is 2.64. The van der Waals surface area contributed by atoms with Crippen LogP contribution in [0.25, 0.3) is 11.3 Å². The second-order valence-corrected chi connectivity index (χ2v) is 3.20. The van der Waals surface area contributed by atoms with E-state index in [1.165, 1.54) is 6.07 Å². The van der Waals surface area contributed by atoms with E-state index >= 15 is 0 Å². The van der Waals surface area contributed by atoms with Crippen molar-refractivity contribution in [3.05, 3.63) is 34.1 Å². The zero-order valence-electron chi connectivity index (χ0n) is 8.25. The van der Waals surface area contributed by atoms with Gasteiger partial charge in [0.2, 0.25) is 5.88 Å². The summed E-state index contributed by atoms with van der Waals surface area (Å²) in [6.45, 7) is 0. The normalized spacial score (nSPS) is 10.4. The van der Waals surface area contributed by atoms with E-state index in [4.69, 9.17) is 5.73 Å². The molecule has 17 heavy (non-hydrogen) atoms. The maximum Gasteiger partial charge on any atom is 0.273 e. The number of phenolic OH excluding ortho intramolecular Hbond substituents is 1. The first-order valence-corrected chi connectivity index (χ1v) is 4.38. The van der Waals surface area contributed by atoms with Crippen molar-refractivity contribution in [3.63, 3.8) is 0 Å². The molecule has 0 aliphatic heterocycles. The van der Waals surface area contributed by atoms with Gasteiger partial charge in [0.15, 0.2) is 11.6 Å². The van der Waals surface area contributed by atoms with E-state index < -0.39 is 22.2 Å². The number of aromatic nitrogens is 1. The number of nitro groups is 1. The lowest BCUT2D eigenvalue weighted by molar-refractivity contribution is -0.385. The van der Waals surface area contributed by atoms with Gasteiger partial charge in [-0.05, 0) is 0 Å². The third-order valence-electron chi connectivity index (χ3n) is 2.06. The van der Waals surface area contributed by atoms with Crippen molar-refractivity contribution < 1.29 is 18.9 Å². The maximum atomic E-state index is 13.2. The van der Waals surface area contributed by atoms with E-state index in [0.29, 0.717) is 6.07 Å². The number of hydrogen-bond acceptors (Lipinski definition) is 6. The number of nitrogen functional groups attached to an aromatic ring is 1. The van der Waals surface area contributed by atoms with Crippen molar-refractivity contribution in [1.29, 1.82) is 0 Å². The van der Waals surface area contributed by atoms with Gasteiger partial charge >= 0.3 is 0 Å². The number of rotatable bonds is 2. The number of anilines is 1. The number of hydrogen-bond donors (Lipinski definition) is 2. The van der Waals surface area contributed by atoms with Crippen LogP contribution in [0.3, 0.4) is 0 Å². The van der Waals surface area contributed by atoms with Gasteiger partial charge in [-0.15, -0.1) is 0 Å². The van der Waals surface area contributed by atoms with Gasteiger partial charge in [0, 0.05) is 12.1 Å². The number of nitrogens with zero attached hydrogens (tertiary/aromatic N) is 2. The molecule has 0 amide bonds. The Morgan fingerprint density at radius 1 is 1.47 bits per heavy atom. The maximum absolute atomic E-state index is 13.2. The predicted octanol–water partition coefficient (Wildman–Crippen LogP) is 1.68. The number of halogens is 1. The molecule has 0 fully saturated rings. The summed E-state index contributed by atoms with van der Waals surface area (Å²) in [5.74, 6) is -1.91. The van der Waals surface area contributed by atoms with Gasteiger partial charge in [0.25, 0.3) is 5.69 Å². The van der Waals surface area contributed by atoms with E-state index in [1.807, 2.05) is 0 Å². The second kappa shape index (κ2) is 3.74. The van der Waals surface area contributed by atoms with Crippen LogP contribution in [0.4, 0.5) is 16.0 Å². The molecule has 0 aliphatic rings. The molecule has 0 aliphatic carbocycles. The van der Waals surface area contributed by atoms with Crippen molar-refractivity contribution in [1.82, 2.24) is 5.16 Å². The lowest BCUT2D eigenvalue weighted by Crippen LogP contribution is -1.92. The first-order valence-electron chi connectivity index (χ1n) is 4.38. The number of phenols is 1. The molecule has 88 valence electrons. The average Bonchev–Trinajstić information content (AvgIpc) is 2.68. The second-order valence-electron chi connectivity index (χ2n) is 3.20. The Labute approximate surface area is 93.4 Å². The molecule has 0 saturated heterocycles. The van der Waals surface area contributed by atoms with E-state index in [0.717, 1.165) is 6.07 Å². The average molecular weight is 239 g/mol. The molecular weight excluding hydrogens is 233 g/mol. The molecule has 0 saturated carbocycles. The molecule has 2 aromatic rings. The van der Waals surface area contributed by atoms with Crippen molar-refractivity contribution in [2.24, 2.45) is 0 Å². The predicted molar refractivity (Wildman–Crippen MR) is 54.6 cm³/mol. The topological polar surface area (TPSA) is 115 Å². The first kappa shape index (κ1) is 10.9. The molecule has 1 aromatic carbocycles. The van der Waals surface area contributed by atoms with Crippen LogP contribution in [0, 0.1) is 15.9 Å². The highest BCUT2D eigenvalue weighted by Gasteiger charge is 2.19. The summed E-state index contributed by atoms with van der Waals surface area (Å²) < 4.78 is 17.8. The van der Waals surface area contributed by atoms with Crippen molar-refractivity contribution in [2.45, 2.75) is 0 Å². The van der Waals surface area contributed by atoms with Crippen LogP contribution in [-0.2, 0) is 0 Å². The van der Waals surface area contributed by atoms with Gasteiger partial charge in [-0.25, -0.2) is 4.39 Å². The molecule has 0 bridgehead atoms. The minimum Gasteiger partial charge on any atom is -0.504 e. The summed E-state index contributed by atoms with van der Waals surface area (Å²) in [7, 11) is 0. The molecule has 1 heterocycles. The SMILES string of the molecule is Nc1cc(-c2cc([N+](=O)[O-])cc(F)c2O)no1. The van der Waals surface area contributed by atoms with Crippen LogP contribution in [0.5, 0.6) is 5.75 Å². The molecule has 2 rings (SSSR count). The van der Waals surface area contributed by atoms with E-state index in [9.17, 15) is 19.6 Å². The Hall–Kier alpha value is -2.64. The van der Waals surface area contributed by atoms with Gasteiger partial charge < -0.3 is 15.4 Å². The first-order chi connectivity index (χ1) is 7.99. The van der Waals surface area contributed by atoms with Crippen molar-refractivity contribution >= 4 is 11.6 Å².